The van der Waals surface area contributed by atoms with E-state index in [0.717, 1.165) is 19.6 Å². The highest BCUT2D eigenvalue weighted by atomic mass is 32.2. The molecular formula is C12H26N2O2S. The topological polar surface area (TPSA) is 40.6 Å². The van der Waals surface area contributed by atoms with Gasteiger partial charge >= 0.3 is 0 Å². The van der Waals surface area contributed by atoms with E-state index in [1.54, 1.807) is 4.31 Å². The molecule has 1 aliphatic heterocycles. The molecule has 1 aliphatic rings. The summed E-state index contributed by atoms with van der Waals surface area (Å²) in [7, 11) is -3.00. The number of nitrogens with zero attached hydrogens (tertiary/aromatic N) is 2. The van der Waals surface area contributed by atoms with Crippen LogP contribution in [0.1, 0.15) is 33.6 Å². The Morgan fingerprint density at radius 1 is 1.12 bits per heavy atom. The lowest BCUT2D eigenvalue weighted by molar-refractivity contribution is 0.127. The van der Waals surface area contributed by atoms with Crippen LogP contribution in [-0.2, 0) is 10.0 Å². The third kappa shape index (κ3) is 4.94. The van der Waals surface area contributed by atoms with Gasteiger partial charge in [0.15, 0.2) is 0 Å². The molecule has 0 bridgehead atoms. The molecule has 1 heterocycles. The van der Waals surface area contributed by atoms with E-state index < -0.39 is 10.0 Å². The Hall–Kier alpha value is -0.130. The predicted molar refractivity (Wildman–Crippen MR) is 71.5 cm³/mol. The summed E-state index contributed by atoms with van der Waals surface area (Å²) in [6.45, 7) is 10.9. The molecule has 4 nitrogen and oxygen atoms in total. The van der Waals surface area contributed by atoms with Crippen LogP contribution < -0.4 is 0 Å². The molecule has 0 aromatic rings. The van der Waals surface area contributed by atoms with Crippen molar-refractivity contribution in [2.45, 2.75) is 33.6 Å². The van der Waals surface area contributed by atoms with Crippen molar-refractivity contribution < 1.29 is 8.42 Å². The van der Waals surface area contributed by atoms with Gasteiger partial charge in [0.25, 0.3) is 0 Å². The van der Waals surface area contributed by atoms with Crippen LogP contribution in [0.3, 0.4) is 0 Å². The second kappa shape index (κ2) is 5.67. The fourth-order valence-electron chi connectivity index (χ4n) is 2.58. The smallest absolute Gasteiger partial charge is 0.211 e. The first-order valence-corrected chi connectivity index (χ1v) is 8.27. The molecule has 5 heteroatoms. The maximum Gasteiger partial charge on any atom is 0.211 e. The van der Waals surface area contributed by atoms with Crippen LogP contribution in [-0.4, -0.2) is 56.6 Å². The van der Waals surface area contributed by atoms with Gasteiger partial charge in [-0.3, -0.25) is 0 Å². The molecule has 0 aromatic heterocycles. The third-order valence-corrected chi connectivity index (χ3v) is 4.68. The molecule has 1 rings (SSSR count). The quantitative estimate of drug-likeness (QED) is 0.752. The minimum atomic E-state index is -3.00. The fraction of sp³-hybridized carbons (Fsp3) is 1.00. The van der Waals surface area contributed by atoms with Crippen LogP contribution >= 0.6 is 0 Å². The highest BCUT2D eigenvalue weighted by Gasteiger charge is 2.27. The van der Waals surface area contributed by atoms with Gasteiger partial charge in [0, 0.05) is 32.7 Å². The van der Waals surface area contributed by atoms with Gasteiger partial charge in [0.1, 0.15) is 0 Å². The van der Waals surface area contributed by atoms with E-state index >= 15 is 0 Å². The molecule has 17 heavy (non-hydrogen) atoms. The van der Waals surface area contributed by atoms with Crippen molar-refractivity contribution in [3.05, 3.63) is 0 Å². The SMILES string of the molecule is CCCC(C)(C)CN1CCN(S(C)(=O)=O)CC1. The van der Waals surface area contributed by atoms with Crippen molar-refractivity contribution in [3.63, 3.8) is 0 Å². The van der Waals surface area contributed by atoms with Gasteiger partial charge in [-0.05, 0) is 11.8 Å². The summed E-state index contributed by atoms with van der Waals surface area (Å²) in [5.74, 6) is 0. The van der Waals surface area contributed by atoms with Gasteiger partial charge in [0.2, 0.25) is 10.0 Å². The zero-order chi connectivity index (χ0) is 13.1. The average molecular weight is 262 g/mol. The molecule has 0 N–H and O–H groups in total. The Morgan fingerprint density at radius 3 is 2.06 bits per heavy atom. The minimum Gasteiger partial charge on any atom is -0.300 e. The van der Waals surface area contributed by atoms with E-state index in [4.69, 9.17) is 0 Å². The average Bonchev–Trinajstić information content (AvgIpc) is 2.16. The molecule has 0 radical (unpaired) electrons. The van der Waals surface area contributed by atoms with E-state index in [0.29, 0.717) is 18.5 Å². The van der Waals surface area contributed by atoms with Crippen molar-refractivity contribution in [3.8, 4) is 0 Å². The summed E-state index contributed by atoms with van der Waals surface area (Å²) in [5.41, 5.74) is 0.335. The van der Waals surface area contributed by atoms with E-state index in [1.807, 2.05) is 0 Å². The lowest BCUT2D eigenvalue weighted by atomic mass is 9.87. The van der Waals surface area contributed by atoms with Crippen LogP contribution in [0.25, 0.3) is 0 Å². The molecular weight excluding hydrogens is 236 g/mol. The van der Waals surface area contributed by atoms with Crippen molar-refractivity contribution in [1.82, 2.24) is 9.21 Å². The van der Waals surface area contributed by atoms with Crippen LogP contribution in [0.4, 0.5) is 0 Å². The number of hydrogen-bond donors (Lipinski definition) is 0. The summed E-state index contributed by atoms with van der Waals surface area (Å²) < 4.78 is 24.4. The predicted octanol–water partition coefficient (Wildman–Crippen LogP) is 1.39. The summed E-state index contributed by atoms with van der Waals surface area (Å²) in [5, 5.41) is 0. The number of rotatable bonds is 5. The lowest BCUT2D eigenvalue weighted by Gasteiger charge is -2.38. The van der Waals surface area contributed by atoms with Gasteiger partial charge in [0.05, 0.1) is 6.26 Å². The Bertz CT molecular complexity index is 330. The maximum absolute atomic E-state index is 11.4. The molecule has 0 aromatic carbocycles. The Kier molecular flexibility index (Phi) is 4.98. The second-order valence-corrected chi connectivity index (χ2v) is 7.83. The van der Waals surface area contributed by atoms with Crippen molar-refractivity contribution in [2.24, 2.45) is 5.41 Å². The van der Waals surface area contributed by atoms with Gasteiger partial charge < -0.3 is 4.90 Å². The Morgan fingerprint density at radius 2 is 1.65 bits per heavy atom. The molecule has 102 valence electrons. The van der Waals surface area contributed by atoms with Gasteiger partial charge in [-0.25, -0.2) is 8.42 Å². The van der Waals surface area contributed by atoms with E-state index in [2.05, 4.69) is 25.7 Å². The van der Waals surface area contributed by atoms with Gasteiger partial charge in [-0.2, -0.15) is 4.31 Å². The maximum atomic E-state index is 11.4. The van der Waals surface area contributed by atoms with Crippen LogP contribution in [0.15, 0.2) is 0 Å². The first-order chi connectivity index (χ1) is 7.74. The summed E-state index contributed by atoms with van der Waals surface area (Å²) in [6, 6.07) is 0. The lowest BCUT2D eigenvalue weighted by Crippen LogP contribution is -2.50. The number of sulfonamides is 1. The highest BCUT2D eigenvalue weighted by molar-refractivity contribution is 7.88. The Labute approximate surface area is 106 Å². The summed E-state index contributed by atoms with van der Waals surface area (Å²) in [4.78, 5) is 2.39. The highest BCUT2D eigenvalue weighted by Crippen LogP contribution is 2.24. The standard InChI is InChI=1S/C12H26N2O2S/c1-5-6-12(2,3)11-13-7-9-14(10-8-13)17(4,15)16/h5-11H2,1-4H3. The van der Waals surface area contributed by atoms with Gasteiger partial charge in [-0.1, -0.05) is 27.2 Å². The molecule has 0 aliphatic carbocycles. The summed E-state index contributed by atoms with van der Waals surface area (Å²) in [6.07, 6.45) is 3.72. The van der Waals surface area contributed by atoms with E-state index in [9.17, 15) is 8.42 Å². The van der Waals surface area contributed by atoms with Crippen molar-refractivity contribution in [2.75, 3.05) is 39.0 Å². The molecule has 0 atom stereocenters. The fourth-order valence-corrected chi connectivity index (χ4v) is 3.41. The van der Waals surface area contributed by atoms with Crippen molar-refractivity contribution >= 4 is 10.0 Å². The minimum absolute atomic E-state index is 0.335. The first-order valence-electron chi connectivity index (χ1n) is 6.42. The van der Waals surface area contributed by atoms with Crippen LogP contribution in [0.2, 0.25) is 0 Å². The normalized spacial score (nSPS) is 20.7. The van der Waals surface area contributed by atoms with Gasteiger partial charge in [-0.15, -0.1) is 0 Å². The first kappa shape index (κ1) is 14.9. The summed E-state index contributed by atoms with van der Waals surface area (Å²) >= 11 is 0. The van der Waals surface area contributed by atoms with E-state index in [1.165, 1.54) is 19.1 Å². The largest absolute Gasteiger partial charge is 0.300 e. The Balaban J connectivity index is 2.43. The van der Waals surface area contributed by atoms with Crippen molar-refractivity contribution in [1.29, 1.82) is 0 Å². The molecule has 0 unspecified atom stereocenters. The zero-order valence-electron chi connectivity index (χ0n) is 11.6. The number of hydrogen-bond acceptors (Lipinski definition) is 3. The van der Waals surface area contributed by atoms with E-state index in [-0.39, 0.29) is 0 Å². The molecule has 0 spiro atoms. The number of piperazine rings is 1. The molecule has 0 saturated carbocycles. The molecule has 1 saturated heterocycles. The molecule has 0 amide bonds. The second-order valence-electron chi connectivity index (χ2n) is 5.85. The monoisotopic (exact) mass is 262 g/mol. The van der Waals surface area contributed by atoms with Crippen LogP contribution in [0.5, 0.6) is 0 Å². The third-order valence-electron chi connectivity index (χ3n) is 3.38. The molecule has 1 fully saturated rings. The zero-order valence-corrected chi connectivity index (χ0v) is 12.4. The van der Waals surface area contributed by atoms with Crippen LogP contribution in [0, 0.1) is 5.41 Å².